The number of aliphatic hydroxyl groups is 1. The van der Waals surface area contributed by atoms with Crippen LogP contribution in [0.4, 0.5) is 0 Å². The van der Waals surface area contributed by atoms with Crippen LogP contribution in [0.1, 0.15) is 11.5 Å². The van der Waals surface area contributed by atoms with Crippen molar-refractivity contribution < 1.29 is 13.5 Å². The highest BCUT2D eigenvalue weighted by molar-refractivity contribution is 9.10. The van der Waals surface area contributed by atoms with Gasteiger partial charge in [-0.05, 0) is 29.8 Å². The Kier molecular flexibility index (Phi) is 3.90. The topological polar surface area (TPSA) is 54.4 Å². The Balaban J connectivity index is 1.94. The van der Waals surface area contributed by atoms with E-state index in [1.807, 2.05) is 24.3 Å². The Morgan fingerprint density at radius 1 is 1.00 bits per heavy atom. The summed E-state index contributed by atoms with van der Waals surface area (Å²) in [6, 6.07) is 16.1. The number of hydrogen-bond donors (Lipinski definition) is 1. The molecule has 0 radical (unpaired) electrons. The van der Waals surface area contributed by atoms with Gasteiger partial charge in [0.1, 0.15) is 0 Å². The number of rotatable bonds is 4. The number of hydrogen-bond acceptors (Lipinski definition) is 3. The minimum Gasteiger partial charge on any atom is -0.396 e. The second-order valence-electron chi connectivity index (χ2n) is 5.25. The molecule has 3 atom stereocenters. The molecule has 0 aromatic heterocycles. The lowest BCUT2D eigenvalue weighted by Crippen LogP contribution is -2.11. The molecule has 5 heteroatoms. The molecule has 2 aromatic carbocycles. The summed E-state index contributed by atoms with van der Waals surface area (Å²) in [4.78, 5) is 0.327. The van der Waals surface area contributed by atoms with E-state index in [-0.39, 0.29) is 18.4 Å². The molecule has 1 saturated carbocycles. The van der Waals surface area contributed by atoms with E-state index >= 15 is 0 Å². The van der Waals surface area contributed by atoms with E-state index < -0.39 is 15.1 Å². The molecular formula is C16H15BrO3S. The van der Waals surface area contributed by atoms with Crippen molar-refractivity contribution in [1.82, 2.24) is 0 Å². The summed E-state index contributed by atoms with van der Waals surface area (Å²) < 4.78 is 26.3. The number of sulfone groups is 1. The highest BCUT2D eigenvalue weighted by Gasteiger charge is 2.58. The molecule has 0 aliphatic heterocycles. The van der Waals surface area contributed by atoms with Gasteiger partial charge >= 0.3 is 0 Å². The van der Waals surface area contributed by atoms with Gasteiger partial charge in [-0.15, -0.1) is 0 Å². The van der Waals surface area contributed by atoms with Crippen LogP contribution < -0.4 is 0 Å². The minimum absolute atomic E-state index is 0.114. The van der Waals surface area contributed by atoms with Gasteiger partial charge in [-0.3, -0.25) is 0 Å². The molecule has 1 N–H and O–H groups in total. The Bertz CT molecular complexity index is 726. The molecule has 0 amide bonds. The second kappa shape index (κ2) is 5.55. The largest absolute Gasteiger partial charge is 0.396 e. The highest BCUT2D eigenvalue weighted by atomic mass is 79.9. The van der Waals surface area contributed by atoms with Crippen LogP contribution in [-0.4, -0.2) is 25.4 Å². The predicted molar refractivity (Wildman–Crippen MR) is 84.9 cm³/mol. The summed E-state index contributed by atoms with van der Waals surface area (Å²) >= 11 is 3.37. The van der Waals surface area contributed by atoms with Crippen molar-refractivity contribution >= 4 is 25.8 Å². The van der Waals surface area contributed by atoms with Gasteiger partial charge in [-0.1, -0.05) is 46.3 Å². The summed E-state index contributed by atoms with van der Waals surface area (Å²) in [5, 5.41) is 8.96. The zero-order chi connectivity index (χ0) is 15.0. The van der Waals surface area contributed by atoms with Gasteiger partial charge in [0.05, 0.1) is 10.1 Å². The first-order valence-corrected chi connectivity index (χ1v) is 9.05. The molecule has 2 aromatic rings. The molecule has 3 rings (SSSR count). The van der Waals surface area contributed by atoms with E-state index in [4.69, 9.17) is 0 Å². The standard InChI is InChI=1S/C16H15BrO3S/c17-12-8-6-11(7-9-12)15-14(10-18)16(15)21(19,20)13-4-2-1-3-5-13/h1-9,14-16,18H,10H2/t14-,15-,16+/m0/s1. The molecule has 3 nitrogen and oxygen atoms in total. The smallest absolute Gasteiger partial charge is 0.182 e. The third-order valence-electron chi connectivity index (χ3n) is 3.99. The van der Waals surface area contributed by atoms with Crippen molar-refractivity contribution in [3.8, 4) is 0 Å². The average molecular weight is 367 g/mol. The van der Waals surface area contributed by atoms with Crippen LogP contribution in [0.3, 0.4) is 0 Å². The Morgan fingerprint density at radius 3 is 2.19 bits per heavy atom. The molecular weight excluding hydrogens is 352 g/mol. The Morgan fingerprint density at radius 2 is 1.62 bits per heavy atom. The fourth-order valence-electron chi connectivity index (χ4n) is 2.87. The van der Waals surface area contributed by atoms with Gasteiger partial charge in [0.25, 0.3) is 0 Å². The lowest BCUT2D eigenvalue weighted by Gasteiger charge is -2.04. The van der Waals surface area contributed by atoms with Crippen molar-refractivity contribution in [1.29, 1.82) is 0 Å². The summed E-state index contributed by atoms with van der Waals surface area (Å²) in [6.07, 6.45) is 0. The number of benzene rings is 2. The van der Waals surface area contributed by atoms with Gasteiger partial charge in [0, 0.05) is 22.9 Å². The first-order valence-electron chi connectivity index (χ1n) is 6.71. The molecule has 0 heterocycles. The minimum atomic E-state index is -3.41. The SMILES string of the molecule is O=S(=O)(c1ccccc1)[C@@H]1[C@@H](CO)[C@@H]1c1ccc(Br)cc1. The van der Waals surface area contributed by atoms with Crippen LogP contribution in [-0.2, 0) is 9.84 Å². The molecule has 110 valence electrons. The van der Waals surface area contributed by atoms with Crippen LogP contribution in [0.15, 0.2) is 64.0 Å². The maximum Gasteiger partial charge on any atom is 0.182 e. The molecule has 21 heavy (non-hydrogen) atoms. The van der Waals surface area contributed by atoms with Crippen molar-refractivity contribution in [3.05, 3.63) is 64.6 Å². The lowest BCUT2D eigenvalue weighted by molar-refractivity contribution is 0.274. The van der Waals surface area contributed by atoms with Gasteiger partial charge in [-0.2, -0.15) is 0 Å². The van der Waals surface area contributed by atoms with Gasteiger partial charge in [0.15, 0.2) is 9.84 Å². The Labute approximate surface area is 132 Å². The van der Waals surface area contributed by atoms with Gasteiger partial charge in [-0.25, -0.2) is 8.42 Å². The maximum absolute atomic E-state index is 12.7. The molecule has 0 unspecified atom stereocenters. The summed E-state index contributed by atoms with van der Waals surface area (Å²) in [7, 11) is -3.41. The van der Waals surface area contributed by atoms with E-state index in [0.29, 0.717) is 4.90 Å². The third kappa shape index (κ3) is 2.65. The first-order chi connectivity index (χ1) is 10.1. The van der Waals surface area contributed by atoms with Crippen LogP contribution in [0.5, 0.6) is 0 Å². The van der Waals surface area contributed by atoms with Crippen LogP contribution in [0.2, 0.25) is 0 Å². The number of halogens is 1. The van der Waals surface area contributed by atoms with Crippen molar-refractivity contribution in [3.63, 3.8) is 0 Å². The normalized spacial score (nSPS) is 24.8. The lowest BCUT2D eigenvalue weighted by atomic mass is 10.1. The number of aliphatic hydroxyl groups excluding tert-OH is 1. The van der Waals surface area contributed by atoms with E-state index in [0.717, 1.165) is 10.0 Å². The van der Waals surface area contributed by atoms with E-state index in [1.54, 1.807) is 30.3 Å². The molecule has 0 bridgehead atoms. The zero-order valence-electron chi connectivity index (χ0n) is 11.2. The molecule has 1 aliphatic rings. The fraction of sp³-hybridized carbons (Fsp3) is 0.250. The van der Waals surface area contributed by atoms with Crippen LogP contribution >= 0.6 is 15.9 Å². The molecule has 0 spiro atoms. The fourth-order valence-corrected chi connectivity index (χ4v) is 5.36. The van der Waals surface area contributed by atoms with Crippen LogP contribution in [0.25, 0.3) is 0 Å². The second-order valence-corrected chi connectivity index (χ2v) is 8.27. The zero-order valence-corrected chi connectivity index (χ0v) is 13.6. The van der Waals surface area contributed by atoms with E-state index in [9.17, 15) is 13.5 Å². The summed E-state index contributed by atoms with van der Waals surface area (Å²) in [5.41, 5.74) is 0.960. The maximum atomic E-state index is 12.7. The molecule has 0 saturated heterocycles. The first kappa shape index (κ1) is 14.8. The quantitative estimate of drug-likeness (QED) is 0.904. The van der Waals surface area contributed by atoms with Crippen molar-refractivity contribution in [2.45, 2.75) is 16.1 Å². The predicted octanol–water partition coefficient (Wildman–Crippen LogP) is 3.00. The average Bonchev–Trinajstić information content (AvgIpc) is 3.24. The summed E-state index contributed by atoms with van der Waals surface area (Å²) in [5.74, 6) is -0.357. The highest BCUT2D eigenvalue weighted by Crippen LogP contribution is 2.53. The van der Waals surface area contributed by atoms with Crippen molar-refractivity contribution in [2.75, 3.05) is 6.61 Å². The third-order valence-corrected chi connectivity index (χ3v) is 6.81. The monoisotopic (exact) mass is 366 g/mol. The van der Waals surface area contributed by atoms with Crippen molar-refractivity contribution in [2.24, 2.45) is 5.92 Å². The Hall–Kier alpha value is -1.17. The molecule has 1 aliphatic carbocycles. The van der Waals surface area contributed by atoms with Gasteiger partial charge < -0.3 is 5.11 Å². The molecule has 1 fully saturated rings. The van der Waals surface area contributed by atoms with E-state index in [2.05, 4.69) is 15.9 Å². The van der Waals surface area contributed by atoms with Gasteiger partial charge in [0.2, 0.25) is 0 Å². The van der Waals surface area contributed by atoms with E-state index in [1.165, 1.54) is 0 Å². The van der Waals surface area contributed by atoms with Crippen LogP contribution in [0, 0.1) is 5.92 Å². The summed E-state index contributed by atoms with van der Waals surface area (Å²) in [6.45, 7) is -0.114.